The summed E-state index contributed by atoms with van der Waals surface area (Å²) in [4.78, 5) is 0. The summed E-state index contributed by atoms with van der Waals surface area (Å²) in [5, 5.41) is 3.16. The smallest absolute Gasteiger partial charge is 0.147 e. The molecule has 0 amide bonds. The van der Waals surface area contributed by atoms with E-state index in [2.05, 4.69) is 19.2 Å². The molecule has 1 unspecified atom stereocenters. The molecule has 0 aliphatic heterocycles. The molecule has 0 saturated heterocycles. The Hall–Kier alpha value is -0.0900. The highest BCUT2D eigenvalue weighted by Crippen LogP contribution is 2.26. The van der Waals surface area contributed by atoms with Crippen LogP contribution in [-0.2, 0) is 9.84 Å². The lowest BCUT2D eigenvalue weighted by atomic mass is 9.83. The van der Waals surface area contributed by atoms with Crippen molar-refractivity contribution in [1.82, 2.24) is 5.32 Å². The van der Waals surface area contributed by atoms with E-state index in [1.807, 2.05) is 7.05 Å². The third kappa shape index (κ3) is 6.38. The normalized spacial score (nSPS) is 16.6. The molecule has 0 saturated carbocycles. The third-order valence-corrected chi connectivity index (χ3v) is 3.78. The molecule has 0 spiro atoms. The molecule has 4 heteroatoms. The van der Waals surface area contributed by atoms with Gasteiger partial charge in [0.05, 0.1) is 0 Å². The molecule has 0 fully saturated rings. The summed E-state index contributed by atoms with van der Waals surface area (Å²) in [6.07, 6.45) is 4.12. The lowest BCUT2D eigenvalue weighted by molar-refractivity contribution is 0.274. The summed E-state index contributed by atoms with van der Waals surface area (Å²) in [6, 6.07) is 0. The number of hydrogen-bond acceptors (Lipinski definition) is 3. The van der Waals surface area contributed by atoms with Gasteiger partial charge in [-0.15, -0.1) is 0 Å². The Balaban J connectivity index is 3.96. The van der Waals surface area contributed by atoms with Gasteiger partial charge >= 0.3 is 0 Å². The van der Waals surface area contributed by atoms with E-state index in [0.717, 1.165) is 25.8 Å². The highest BCUT2D eigenvalue weighted by Gasteiger charge is 2.21. The van der Waals surface area contributed by atoms with Gasteiger partial charge in [0, 0.05) is 18.6 Å². The van der Waals surface area contributed by atoms with Gasteiger partial charge in [0.2, 0.25) is 0 Å². The second-order valence-electron chi connectivity index (χ2n) is 4.43. The first-order valence-corrected chi connectivity index (χ1v) is 7.21. The third-order valence-electron chi connectivity index (χ3n) is 2.75. The molecule has 0 radical (unpaired) electrons. The van der Waals surface area contributed by atoms with Gasteiger partial charge in [-0.05, 0) is 31.7 Å². The van der Waals surface area contributed by atoms with E-state index >= 15 is 0 Å². The molecule has 0 rings (SSSR count). The maximum atomic E-state index is 10.9. The predicted molar refractivity (Wildman–Crippen MR) is 61.3 cm³/mol. The molecule has 0 aliphatic rings. The number of sulfone groups is 1. The molecule has 0 bridgehead atoms. The summed E-state index contributed by atoms with van der Waals surface area (Å²) >= 11 is 0. The van der Waals surface area contributed by atoms with Crippen molar-refractivity contribution in [2.75, 3.05) is 25.6 Å². The zero-order valence-electron chi connectivity index (χ0n) is 9.76. The molecule has 1 atom stereocenters. The topological polar surface area (TPSA) is 46.2 Å². The maximum Gasteiger partial charge on any atom is 0.147 e. The van der Waals surface area contributed by atoms with Gasteiger partial charge in [-0.2, -0.15) is 0 Å². The SMILES string of the molecule is CCC(C)(CCCS(C)(=O)=O)CNC. The Morgan fingerprint density at radius 3 is 2.29 bits per heavy atom. The van der Waals surface area contributed by atoms with Crippen molar-refractivity contribution in [2.24, 2.45) is 5.41 Å². The van der Waals surface area contributed by atoms with Crippen molar-refractivity contribution >= 4 is 9.84 Å². The van der Waals surface area contributed by atoms with Crippen LogP contribution in [0.5, 0.6) is 0 Å². The average molecular weight is 221 g/mol. The van der Waals surface area contributed by atoms with Gasteiger partial charge < -0.3 is 5.32 Å². The van der Waals surface area contributed by atoms with Crippen LogP contribution < -0.4 is 5.32 Å². The second-order valence-corrected chi connectivity index (χ2v) is 6.69. The summed E-state index contributed by atoms with van der Waals surface area (Å²) in [6.45, 7) is 5.30. The molecule has 0 aromatic heterocycles. The molecule has 14 heavy (non-hydrogen) atoms. The highest BCUT2D eigenvalue weighted by atomic mass is 32.2. The van der Waals surface area contributed by atoms with Crippen LogP contribution in [0.25, 0.3) is 0 Å². The fraction of sp³-hybridized carbons (Fsp3) is 1.00. The van der Waals surface area contributed by atoms with Crippen LogP contribution in [0.4, 0.5) is 0 Å². The van der Waals surface area contributed by atoms with Gasteiger partial charge in [-0.3, -0.25) is 0 Å². The van der Waals surface area contributed by atoms with Crippen molar-refractivity contribution in [2.45, 2.75) is 33.1 Å². The fourth-order valence-electron chi connectivity index (χ4n) is 1.58. The Kier molecular flexibility index (Phi) is 5.67. The Morgan fingerprint density at radius 1 is 1.36 bits per heavy atom. The molecule has 0 aliphatic carbocycles. The lowest BCUT2D eigenvalue weighted by Crippen LogP contribution is -2.29. The molecule has 0 aromatic rings. The summed E-state index contributed by atoms with van der Waals surface area (Å²) in [5.74, 6) is 0.312. The number of hydrogen-bond donors (Lipinski definition) is 1. The lowest BCUT2D eigenvalue weighted by Gasteiger charge is -2.27. The first-order chi connectivity index (χ1) is 6.33. The van der Waals surface area contributed by atoms with Crippen LogP contribution in [0, 0.1) is 5.41 Å². The molecular weight excluding hydrogens is 198 g/mol. The van der Waals surface area contributed by atoms with Crippen molar-refractivity contribution in [3.05, 3.63) is 0 Å². The zero-order chi connectivity index (χ0) is 11.2. The van der Waals surface area contributed by atoms with Crippen LogP contribution in [-0.4, -0.2) is 34.0 Å². The van der Waals surface area contributed by atoms with Crippen LogP contribution >= 0.6 is 0 Å². The predicted octanol–water partition coefficient (Wildman–Crippen LogP) is 1.45. The summed E-state index contributed by atoms with van der Waals surface area (Å²) in [7, 11) is -0.855. The molecule has 1 N–H and O–H groups in total. The van der Waals surface area contributed by atoms with E-state index in [-0.39, 0.29) is 5.41 Å². The van der Waals surface area contributed by atoms with Gasteiger partial charge in [0.1, 0.15) is 9.84 Å². The van der Waals surface area contributed by atoms with E-state index in [1.54, 1.807) is 0 Å². The number of rotatable bonds is 7. The Morgan fingerprint density at radius 2 is 1.93 bits per heavy atom. The molecular formula is C10H23NO2S. The molecule has 0 aromatic carbocycles. The quantitative estimate of drug-likeness (QED) is 0.708. The van der Waals surface area contributed by atoms with E-state index in [4.69, 9.17) is 0 Å². The summed E-state index contributed by atoms with van der Waals surface area (Å²) in [5.41, 5.74) is 0.236. The fourth-order valence-corrected chi connectivity index (χ4v) is 2.25. The maximum absolute atomic E-state index is 10.9. The molecule has 86 valence electrons. The Labute approximate surface area is 88.2 Å². The number of nitrogens with one attached hydrogen (secondary N) is 1. The van der Waals surface area contributed by atoms with E-state index in [0.29, 0.717) is 5.75 Å². The largest absolute Gasteiger partial charge is 0.319 e. The van der Waals surface area contributed by atoms with Crippen LogP contribution in [0.2, 0.25) is 0 Å². The first-order valence-electron chi connectivity index (χ1n) is 5.15. The minimum atomic E-state index is -2.79. The van der Waals surface area contributed by atoms with Crippen LogP contribution in [0.3, 0.4) is 0 Å². The van der Waals surface area contributed by atoms with E-state index in [1.165, 1.54) is 6.26 Å². The van der Waals surface area contributed by atoms with Crippen molar-refractivity contribution < 1.29 is 8.42 Å². The van der Waals surface area contributed by atoms with Gasteiger partial charge in [0.15, 0.2) is 0 Å². The highest BCUT2D eigenvalue weighted by molar-refractivity contribution is 7.90. The second kappa shape index (κ2) is 5.71. The van der Waals surface area contributed by atoms with E-state index in [9.17, 15) is 8.42 Å². The Bertz CT molecular complexity index is 249. The standard InChI is InChI=1S/C10H23NO2S/c1-5-10(2,9-11-3)7-6-8-14(4,12)13/h11H,5-9H2,1-4H3. The van der Waals surface area contributed by atoms with Crippen molar-refractivity contribution in [3.63, 3.8) is 0 Å². The zero-order valence-corrected chi connectivity index (χ0v) is 10.6. The van der Waals surface area contributed by atoms with Gasteiger partial charge in [0.25, 0.3) is 0 Å². The minimum Gasteiger partial charge on any atom is -0.319 e. The van der Waals surface area contributed by atoms with Crippen molar-refractivity contribution in [3.8, 4) is 0 Å². The molecule has 3 nitrogen and oxygen atoms in total. The first kappa shape index (κ1) is 13.9. The van der Waals surface area contributed by atoms with Gasteiger partial charge in [-0.1, -0.05) is 13.8 Å². The monoisotopic (exact) mass is 221 g/mol. The van der Waals surface area contributed by atoms with Gasteiger partial charge in [-0.25, -0.2) is 8.42 Å². The molecule has 0 heterocycles. The minimum absolute atomic E-state index is 0.236. The van der Waals surface area contributed by atoms with E-state index < -0.39 is 9.84 Å². The van der Waals surface area contributed by atoms with Crippen molar-refractivity contribution in [1.29, 1.82) is 0 Å². The van der Waals surface area contributed by atoms with Crippen LogP contribution in [0.1, 0.15) is 33.1 Å². The van der Waals surface area contributed by atoms with Crippen LogP contribution in [0.15, 0.2) is 0 Å². The summed E-state index contributed by atoms with van der Waals surface area (Å²) < 4.78 is 21.9. The average Bonchev–Trinajstić information content (AvgIpc) is 2.02.